The Balaban J connectivity index is 1.71. The van der Waals surface area contributed by atoms with Crippen molar-refractivity contribution in [2.24, 2.45) is 7.05 Å². The molecule has 1 atom stereocenters. The van der Waals surface area contributed by atoms with Crippen molar-refractivity contribution in [1.82, 2.24) is 20.0 Å². The zero-order chi connectivity index (χ0) is 18.5. The lowest BCUT2D eigenvalue weighted by Crippen LogP contribution is -2.40. The van der Waals surface area contributed by atoms with Crippen molar-refractivity contribution in [1.29, 1.82) is 0 Å². The second-order valence-electron chi connectivity index (χ2n) is 6.14. The Labute approximate surface area is 152 Å². The van der Waals surface area contributed by atoms with Gasteiger partial charge in [0.1, 0.15) is 6.04 Å². The lowest BCUT2D eigenvalue weighted by molar-refractivity contribution is -0.118. The van der Waals surface area contributed by atoms with Gasteiger partial charge in [-0.1, -0.05) is 6.07 Å². The van der Waals surface area contributed by atoms with Crippen molar-refractivity contribution in [2.75, 3.05) is 38.7 Å². The highest BCUT2D eigenvalue weighted by atomic mass is 16.5. The number of anilines is 1. The number of aromatic nitrogens is 2. The molecule has 1 aromatic carbocycles. The highest BCUT2D eigenvalue weighted by Gasteiger charge is 2.22. The molecule has 1 aliphatic rings. The van der Waals surface area contributed by atoms with Crippen molar-refractivity contribution >= 4 is 17.5 Å². The highest BCUT2D eigenvalue weighted by molar-refractivity contribution is 5.98. The molecule has 8 heteroatoms. The van der Waals surface area contributed by atoms with E-state index in [-0.39, 0.29) is 11.8 Å². The summed E-state index contributed by atoms with van der Waals surface area (Å²) in [6.45, 7) is 2.27. The summed E-state index contributed by atoms with van der Waals surface area (Å²) in [4.78, 5) is 27.0. The number of nitrogens with zero attached hydrogens (tertiary/aromatic N) is 3. The van der Waals surface area contributed by atoms with Crippen LogP contribution in [0.15, 0.2) is 36.7 Å². The summed E-state index contributed by atoms with van der Waals surface area (Å²) in [5, 5.41) is 9.95. The van der Waals surface area contributed by atoms with Gasteiger partial charge in [-0.15, -0.1) is 0 Å². The number of amides is 2. The van der Waals surface area contributed by atoms with Crippen LogP contribution in [0.5, 0.6) is 0 Å². The third-order valence-electron chi connectivity index (χ3n) is 4.28. The molecule has 26 heavy (non-hydrogen) atoms. The Morgan fingerprint density at radius 2 is 2.04 bits per heavy atom. The Morgan fingerprint density at radius 1 is 1.27 bits per heavy atom. The molecule has 2 N–H and O–H groups in total. The fourth-order valence-corrected chi connectivity index (χ4v) is 2.93. The molecule has 2 aromatic rings. The van der Waals surface area contributed by atoms with Crippen LogP contribution in [0.4, 0.5) is 5.69 Å². The van der Waals surface area contributed by atoms with Crippen LogP contribution in [0.3, 0.4) is 0 Å². The molecule has 2 amide bonds. The number of hydrogen-bond donors (Lipinski definition) is 2. The van der Waals surface area contributed by atoms with Gasteiger partial charge in [-0.2, -0.15) is 5.10 Å². The van der Waals surface area contributed by atoms with Crippen LogP contribution >= 0.6 is 0 Å². The zero-order valence-electron chi connectivity index (χ0n) is 14.9. The van der Waals surface area contributed by atoms with E-state index < -0.39 is 6.04 Å². The maximum atomic E-state index is 12.6. The molecule has 1 aliphatic heterocycles. The average molecular weight is 357 g/mol. The van der Waals surface area contributed by atoms with Crippen LogP contribution in [-0.2, 0) is 16.6 Å². The van der Waals surface area contributed by atoms with Crippen LogP contribution in [-0.4, -0.2) is 59.8 Å². The third-order valence-corrected chi connectivity index (χ3v) is 4.28. The van der Waals surface area contributed by atoms with Gasteiger partial charge in [0.2, 0.25) is 5.91 Å². The van der Waals surface area contributed by atoms with Gasteiger partial charge in [0, 0.05) is 43.1 Å². The maximum Gasteiger partial charge on any atom is 0.254 e. The summed E-state index contributed by atoms with van der Waals surface area (Å²) in [6, 6.07) is 6.46. The lowest BCUT2D eigenvalue weighted by atomic mass is 10.1. The van der Waals surface area contributed by atoms with Gasteiger partial charge in [0.05, 0.1) is 19.4 Å². The summed E-state index contributed by atoms with van der Waals surface area (Å²) in [5.74, 6) is -0.265. The Hall–Kier alpha value is -2.71. The molecular formula is C18H23N5O3. The van der Waals surface area contributed by atoms with Gasteiger partial charge < -0.3 is 20.3 Å². The van der Waals surface area contributed by atoms with Crippen LogP contribution in [0.25, 0.3) is 0 Å². The second-order valence-corrected chi connectivity index (χ2v) is 6.14. The van der Waals surface area contributed by atoms with Gasteiger partial charge >= 0.3 is 0 Å². The van der Waals surface area contributed by atoms with E-state index in [9.17, 15) is 9.59 Å². The first-order valence-electron chi connectivity index (χ1n) is 8.52. The molecule has 0 aliphatic carbocycles. The van der Waals surface area contributed by atoms with Gasteiger partial charge in [-0.05, 0) is 25.2 Å². The molecule has 0 radical (unpaired) electrons. The molecule has 3 rings (SSSR count). The number of aryl methyl sites for hydroxylation is 1. The van der Waals surface area contributed by atoms with Crippen LogP contribution in [0, 0.1) is 0 Å². The zero-order valence-corrected chi connectivity index (χ0v) is 14.9. The number of rotatable bonds is 5. The third kappa shape index (κ3) is 4.09. The van der Waals surface area contributed by atoms with Crippen LogP contribution < -0.4 is 10.6 Å². The predicted octanol–water partition coefficient (Wildman–Crippen LogP) is 0.792. The largest absolute Gasteiger partial charge is 0.378 e. The van der Waals surface area contributed by atoms with Crippen molar-refractivity contribution in [3.8, 4) is 0 Å². The first kappa shape index (κ1) is 18.1. The number of morpholine rings is 1. The standard InChI is InChI=1S/C18H23N5O3/c1-19-16(14-11-20-22(2)12-14)17(24)21-15-5-3-4-13(10-15)18(25)23-6-8-26-9-7-23/h3-5,10-12,16,19H,6-9H2,1-2H3,(H,21,24). The Morgan fingerprint density at radius 3 is 2.69 bits per heavy atom. The number of ether oxygens (including phenoxy) is 1. The van der Waals surface area contributed by atoms with Crippen LogP contribution in [0.1, 0.15) is 22.0 Å². The SMILES string of the molecule is CNC(C(=O)Nc1cccc(C(=O)N2CCOCC2)c1)c1cnn(C)c1. The van der Waals surface area contributed by atoms with E-state index in [2.05, 4.69) is 15.7 Å². The maximum absolute atomic E-state index is 12.6. The van der Waals surface area contributed by atoms with Crippen molar-refractivity contribution in [2.45, 2.75) is 6.04 Å². The normalized spacial score (nSPS) is 15.5. The highest BCUT2D eigenvalue weighted by Crippen LogP contribution is 2.17. The molecular weight excluding hydrogens is 334 g/mol. The number of carbonyl (C=O) groups excluding carboxylic acids is 2. The molecule has 1 saturated heterocycles. The minimum atomic E-state index is -0.526. The summed E-state index contributed by atoms with van der Waals surface area (Å²) in [7, 11) is 3.52. The topological polar surface area (TPSA) is 88.5 Å². The first-order valence-corrected chi connectivity index (χ1v) is 8.52. The van der Waals surface area contributed by atoms with Crippen molar-refractivity contribution in [3.05, 3.63) is 47.8 Å². The Kier molecular flexibility index (Phi) is 5.65. The van der Waals surface area contributed by atoms with E-state index in [0.29, 0.717) is 37.6 Å². The number of carbonyl (C=O) groups is 2. The molecule has 1 unspecified atom stereocenters. The molecule has 8 nitrogen and oxygen atoms in total. The van der Waals surface area contributed by atoms with Crippen molar-refractivity contribution in [3.63, 3.8) is 0 Å². The van der Waals surface area contributed by atoms with E-state index in [1.54, 1.807) is 60.3 Å². The predicted molar refractivity (Wildman–Crippen MR) is 96.8 cm³/mol. The number of nitrogens with one attached hydrogen (secondary N) is 2. The molecule has 0 spiro atoms. The van der Waals surface area contributed by atoms with Gasteiger partial charge in [-0.3, -0.25) is 14.3 Å². The van der Waals surface area contributed by atoms with Crippen molar-refractivity contribution < 1.29 is 14.3 Å². The van der Waals surface area contributed by atoms with Gasteiger partial charge in [0.25, 0.3) is 5.91 Å². The van der Waals surface area contributed by atoms with E-state index in [4.69, 9.17) is 4.74 Å². The Bertz CT molecular complexity index is 783. The fourth-order valence-electron chi connectivity index (χ4n) is 2.93. The second kappa shape index (κ2) is 8.11. The van der Waals surface area contributed by atoms with Gasteiger partial charge in [0.15, 0.2) is 0 Å². The number of benzene rings is 1. The number of likely N-dealkylation sites (N-methyl/N-ethyl adjacent to an activating group) is 1. The van der Waals surface area contributed by atoms with Gasteiger partial charge in [-0.25, -0.2) is 0 Å². The molecule has 138 valence electrons. The fraction of sp³-hybridized carbons (Fsp3) is 0.389. The summed E-state index contributed by atoms with van der Waals surface area (Å²) >= 11 is 0. The summed E-state index contributed by atoms with van der Waals surface area (Å²) in [5.41, 5.74) is 1.90. The molecule has 1 aromatic heterocycles. The minimum Gasteiger partial charge on any atom is -0.378 e. The quantitative estimate of drug-likeness (QED) is 0.826. The monoisotopic (exact) mass is 357 g/mol. The van der Waals surface area contributed by atoms with E-state index in [1.807, 2.05) is 0 Å². The van der Waals surface area contributed by atoms with E-state index in [0.717, 1.165) is 5.56 Å². The molecule has 0 saturated carbocycles. The smallest absolute Gasteiger partial charge is 0.254 e. The average Bonchev–Trinajstić information content (AvgIpc) is 3.08. The first-order chi connectivity index (χ1) is 12.6. The summed E-state index contributed by atoms with van der Waals surface area (Å²) in [6.07, 6.45) is 3.44. The van der Waals surface area contributed by atoms with E-state index >= 15 is 0 Å². The molecule has 0 bridgehead atoms. The number of hydrogen-bond acceptors (Lipinski definition) is 5. The summed E-state index contributed by atoms with van der Waals surface area (Å²) < 4.78 is 6.93. The molecule has 2 heterocycles. The minimum absolute atomic E-state index is 0.0539. The van der Waals surface area contributed by atoms with Crippen LogP contribution in [0.2, 0.25) is 0 Å². The lowest BCUT2D eigenvalue weighted by Gasteiger charge is -2.27. The molecule has 1 fully saturated rings. The van der Waals surface area contributed by atoms with E-state index in [1.165, 1.54) is 0 Å².